The fourth-order valence-electron chi connectivity index (χ4n) is 3.00. The highest BCUT2D eigenvalue weighted by molar-refractivity contribution is 5.43. The molecule has 3 unspecified atom stereocenters. The fourth-order valence-corrected chi connectivity index (χ4v) is 3.00. The second kappa shape index (κ2) is 4.13. The smallest absolute Gasteiger partial charge is 0.0352 e. The van der Waals surface area contributed by atoms with Crippen molar-refractivity contribution in [3.8, 4) is 0 Å². The summed E-state index contributed by atoms with van der Waals surface area (Å²) in [5, 5.41) is 3.48. The minimum Gasteiger partial charge on any atom is -0.313 e. The molecule has 1 aromatic rings. The minimum absolute atomic E-state index is 0.238. The molecule has 0 spiro atoms. The summed E-state index contributed by atoms with van der Waals surface area (Å²) in [6.45, 7) is 11.5. The van der Waals surface area contributed by atoms with Gasteiger partial charge in [0.05, 0.1) is 0 Å². The lowest BCUT2D eigenvalue weighted by Gasteiger charge is -2.22. The van der Waals surface area contributed by atoms with Crippen LogP contribution in [0.25, 0.3) is 0 Å². The second-order valence-corrected chi connectivity index (χ2v) is 6.51. The van der Waals surface area contributed by atoms with Crippen LogP contribution in [0.1, 0.15) is 63.3 Å². The summed E-state index contributed by atoms with van der Waals surface area (Å²) in [7, 11) is 2.08. The quantitative estimate of drug-likeness (QED) is 0.770. The monoisotopic (exact) mass is 231 g/mol. The van der Waals surface area contributed by atoms with Gasteiger partial charge in [-0.1, -0.05) is 52.8 Å². The van der Waals surface area contributed by atoms with Gasteiger partial charge in [-0.15, -0.1) is 0 Å². The first-order valence-electron chi connectivity index (χ1n) is 6.68. The van der Waals surface area contributed by atoms with Gasteiger partial charge >= 0.3 is 0 Å². The molecule has 1 aromatic carbocycles. The third-order valence-corrected chi connectivity index (χ3v) is 4.40. The van der Waals surface area contributed by atoms with E-state index < -0.39 is 0 Å². The van der Waals surface area contributed by atoms with E-state index in [2.05, 4.69) is 65.2 Å². The second-order valence-electron chi connectivity index (χ2n) is 6.51. The van der Waals surface area contributed by atoms with Crippen LogP contribution in [0.3, 0.4) is 0 Å². The van der Waals surface area contributed by atoms with E-state index in [9.17, 15) is 0 Å². The van der Waals surface area contributed by atoms with Gasteiger partial charge in [-0.2, -0.15) is 0 Å². The third kappa shape index (κ3) is 2.01. The molecule has 0 amide bonds. The molecule has 0 saturated carbocycles. The Morgan fingerprint density at radius 2 is 1.71 bits per heavy atom. The van der Waals surface area contributed by atoms with Crippen LogP contribution >= 0.6 is 0 Å². The van der Waals surface area contributed by atoms with Crippen LogP contribution in [0.2, 0.25) is 0 Å². The molecule has 94 valence electrons. The number of benzene rings is 1. The molecule has 1 N–H and O–H groups in total. The molecule has 1 aliphatic rings. The van der Waals surface area contributed by atoms with Crippen LogP contribution in [0.5, 0.6) is 0 Å². The van der Waals surface area contributed by atoms with E-state index in [0.29, 0.717) is 17.9 Å². The first-order chi connectivity index (χ1) is 7.86. The molecule has 2 rings (SSSR count). The zero-order valence-electron chi connectivity index (χ0n) is 12.0. The molecule has 17 heavy (non-hydrogen) atoms. The maximum atomic E-state index is 3.48. The van der Waals surface area contributed by atoms with Crippen molar-refractivity contribution in [2.75, 3.05) is 7.05 Å². The Bertz CT molecular complexity index is 414. The molecular weight excluding hydrogens is 206 g/mol. The predicted octanol–water partition coefficient (Wildman–Crippen LogP) is 4.00. The predicted molar refractivity (Wildman–Crippen MR) is 74.5 cm³/mol. The standard InChI is InChI=1S/C16H25N/c1-10-11(2)15(17-6)14-9-12(16(3,4)5)7-8-13(10)14/h7-11,15,17H,1-6H3. The zero-order chi connectivity index (χ0) is 12.8. The van der Waals surface area contributed by atoms with E-state index in [-0.39, 0.29) is 5.41 Å². The SMILES string of the molecule is CNC1c2cc(C(C)(C)C)ccc2C(C)C1C. The van der Waals surface area contributed by atoms with Crippen molar-refractivity contribution in [3.05, 3.63) is 34.9 Å². The lowest BCUT2D eigenvalue weighted by molar-refractivity contribution is 0.401. The van der Waals surface area contributed by atoms with Gasteiger partial charge in [0.2, 0.25) is 0 Å². The largest absolute Gasteiger partial charge is 0.313 e. The highest BCUT2D eigenvalue weighted by Gasteiger charge is 2.34. The summed E-state index contributed by atoms with van der Waals surface area (Å²) in [6.07, 6.45) is 0. The molecule has 1 nitrogen and oxygen atoms in total. The Morgan fingerprint density at radius 3 is 2.24 bits per heavy atom. The zero-order valence-corrected chi connectivity index (χ0v) is 12.0. The van der Waals surface area contributed by atoms with Crippen molar-refractivity contribution in [1.29, 1.82) is 0 Å². The molecular formula is C16H25N. The minimum atomic E-state index is 0.238. The molecule has 0 saturated heterocycles. The Balaban J connectivity index is 2.50. The van der Waals surface area contributed by atoms with Crippen LogP contribution in [-0.2, 0) is 5.41 Å². The van der Waals surface area contributed by atoms with Crippen LogP contribution in [0, 0.1) is 5.92 Å². The average Bonchev–Trinajstić information content (AvgIpc) is 2.50. The molecule has 0 aromatic heterocycles. The fraction of sp³-hybridized carbons (Fsp3) is 0.625. The molecule has 1 aliphatic carbocycles. The normalized spacial score (nSPS) is 28.2. The van der Waals surface area contributed by atoms with Crippen LogP contribution in [0.15, 0.2) is 18.2 Å². The Kier molecular flexibility index (Phi) is 3.07. The first kappa shape index (κ1) is 12.6. The van der Waals surface area contributed by atoms with Gasteiger partial charge in [0.1, 0.15) is 0 Å². The van der Waals surface area contributed by atoms with E-state index in [1.807, 2.05) is 0 Å². The van der Waals surface area contributed by atoms with Crippen molar-refractivity contribution in [3.63, 3.8) is 0 Å². The highest BCUT2D eigenvalue weighted by atomic mass is 14.9. The Morgan fingerprint density at radius 1 is 1.06 bits per heavy atom. The Hall–Kier alpha value is -0.820. The van der Waals surface area contributed by atoms with Crippen LogP contribution in [0.4, 0.5) is 0 Å². The number of rotatable bonds is 1. The van der Waals surface area contributed by atoms with Gasteiger partial charge in [-0.3, -0.25) is 0 Å². The molecule has 3 atom stereocenters. The van der Waals surface area contributed by atoms with Crippen molar-refractivity contribution in [1.82, 2.24) is 5.32 Å². The summed E-state index contributed by atoms with van der Waals surface area (Å²) in [5.74, 6) is 1.35. The number of hydrogen-bond donors (Lipinski definition) is 1. The summed E-state index contributed by atoms with van der Waals surface area (Å²) < 4.78 is 0. The summed E-state index contributed by atoms with van der Waals surface area (Å²) >= 11 is 0. The average molecular weight is 231 g/mol. The van der Waals surface area contributed by atoms with Gasteiger partial charge in [-0.05, 0) is 41.0 Å². The van der Waals surface area contributed by atoms with E-state index in [1.165, 1.54) is 16.7 Å². The number of hydrogen-bond acceptors (Lipinski definition) is 1. The van der Waals surface area contributed by atoms with E-state index in [1.54, 1.807) is 0 Å². The molecule has 0 heterocycles. The van der Waals surface area contributed by atoms with E-state index in [0.717, 1.165) is 0 Å². The summed E-state index contributed by atoms with van der Waals surface area (Å²) in [5.41, 5.74) is 4.73. The van der Waals surface area contributed by atoms with Crippen molar-refractivity contribution >= 4 is 0 Å². The van der Waals surface area contributed by atoms with Crippen molar-refractivity contribution < 1.29 is 0 Å². The van der Waals surface area contributed by atoms with Gasteiger partial charge in [0.15, 0.2) is 0 Å². The third-order valence-electron chi connectivity index (χ3n) is 4.40. The lowest BCUT2D eigenvalue weighted by atomic mass is 9.85. The summed E-state index contributed by atoms with van der Waals surface area (Å²) in [6, 6.07) is 7.58. The molecule has 1 heteroatoms. The van der Waals surface area contributed by atoms with Crippen LogP contribution < -0.4 is 5.32 Å². The molecule has 0 fully saturated rings. The first-order valence-corrected chi connectivity index (χ1v) is 6.68. The van der Waals surface area contributed by atoms with Crippen molar-refractivity contribution in [2.45, 2.75) is 52.0 Å². The van der Waals surface area contributed by atoms with Gasteiger partial charge in [0.25, 0.3) is 0 Å². The topological polar surface area (TPSA) is 12.0 Å². The van der Waals surface area contributed by atoms with Crippen molar-refractivity contribution in [2.24, 2.45) is 5.92 Å². The maximum absolute atomic E-state index is 3.48. The van der Waals surface area contributed by atoms with Gasteiger partial charge in [0, 0.05) is 6.04 Å². The summed E-state index contributed by atoms with van der Waals surface area (Å²) in [4.78, 5) is 0. The molecule has 0 radical (unpaired) electrons. The Labute approximate surface area is 106 Å². The highest BCUT2D eigenvalue weighted by Crippen LogP contribution is 2.45. The number of nitrogens with one attached hydrogen (secondary N) is 1. The number of fused-ring (bicyclic) bond motifs is 1. The molecule has 0 bridgehead atoms. The van der Waals surface area contributed by atoms with E-state index in [4.69, 9.17) is 0 Å². The van der Waals surface area contributed by atoms with Gasteiger partial charge < -0.3 is 5.32 Å². The van der Waals surface area contributed by atoms with E-state index >= 15 is 0 Å². The van der Waals surface area contributed by atoms with Crippen LogP contribution in [-0.4, -0.2) is 7.05 Å². The molecule has 0 aliphatic heterocycles. The van der Waals surface area contributed by atoms with Gasteiger partial charge in [-0.25, -0.2) is 0 Å². The maximum Gasteiger partial charge on any atom is 0.0352 e. The lowest BCUT2D eigenvalue weighted by Crippen LogP contribution is -2.20.